The van der Waals surface area contributed by atoms with Crippen LogP contribution in [0.2, 0.25) is 0 Å². The zero-order valence-corrected chi connectivity index (χ0v) is 11.1. The van der Waals surface area contributed by atoms with Crippen molar-refractivity contribution in [2.45, 2.75) is 44.8 Å². The van der Waals surface area contributed by atoms with E-state index in [1.54, 1.807) is 0 Å². The average Bonchev–Trinajstić information content (AvgIpc) is 3.21. The Kier molecular flexibility index (Phi) is 3.65. The van der Waals surface area contributed by atoms with Crippen molar-refractivity contribution in [3.8, 4) is 0 Å². The summed E-state index contributed by atoms with van der Waals surface area (Å²) in [4.78, 5) is 0. The van der Waals surface area contributed by atoms with Gasteiger partial charge in [-0.3, -0.25) is 4.68 Å². The van der Waals surface area contributed by atoms with Crippen molar-refractivity contribution >= 4 is 0 Å². The minimum Gasteiger partial charge on any atom is -0.392 e. The Balaban J connectivity index is 1.62. The lowest BCUT2D eigenvalue weighted by Gasteiger charge is -2.08. The van der Waals surface area contributed by atoms with E-state index in [4.69, 9.17) is 0 Å². The first kappa shape index (κ1) is 12.4. The highest BCUT2D eigenvalue weighted by Gasteiger charge is 2.29. The maximum Gasteiger partial charge on any atom is 0.0715 e. The topological polar surface area (TPSA) is 38.1 Å². The van der Waals surface area contributed by atoms with Gasteiger partial charge in [-0.15, -0.1) is 0 Å². The molecule has 1 aliphatic rings. The highest BCUT2D eigenvalue weighted by atomic mass is 16.3. The Morgan fingerprint density at radius 1 is 1.21 bits per heavy atom. The molecule has 0 bridgehead atoms. The predicted molar refractivity (Wildman–Crippen MR) is 74.9 cm³/mol. The van der Waals surface area contributed by atoms with Crippen LogP contribution in [0.4, 0.5) is 0 Å². The van der Waals surface area contributed by atoms with Gasteiger partial charge in [-0.25, -0.2) is 0 Å². The number of hydrogen-bond acceptors (Lipinski definition) is 2. The van der Waals surface area contributed by atoms with Gasteiger partial charge in [0.05, 0.1) is 12.8 Å². The third kappa shape index (κ3) is 2.87. The van der Waals surface area contributed by atoms with E-state index < -0.39 is 0 Å². The van der Waals surface area contributed by atoms with Crippen LogP contribution in [0.25, 0.3) is 0 Å². The van der Waals surface area contributed by atoms with Gasteiger partial charge >= 0.3 is 0 Å². The number of hydrogen-bond donors (Lipinski definition) is 1. The molecule has 3 rings (SSSR count). The Morgan fingerprint density at radius 3 is 2.68 bits per heavy atom. The van der Waals surface area contributed by atoms with E-state index >= 15 is 0 Å². The van der Waals surface area contributed by atoms with Gasteiger partial charge in [-0.05, 0) is 31.2 Å². The summed E-state index contributed by atoms with van der Waals surface area (Å²) in [6.07, 6.45) is 6.50. The molecule has 19 heavy (non-hydrogen) atoms. The highest BCUT2D eigenvalue weighted by Crippen LogP contribution is 2.41. The van der Waals surface area contributed by atoms with Crippen LogP contribution in [0.5, 0.6) is 0 Å². The first-order valence-electron chi connectivity index (χ1n) is 7.08. The van der Waals surface area contributed by atoms with Gasteiger partial charge in [-0.1, -0.05) is 30.3 Å². The maximum atomic E-state index is 9.36. The molecule has 3 nitrogen and oxygen atoms in total. The van der Waals surface area contributed by atoms with Gasteiger partial charge in [0.2, 0.25) is 0 Å². The Labute approximate surface area is 113 Å². The zero-order chi connectivity index (χ0) is 13.1. The van der Waals surface area contributed by atoms with E-state index in [0.717, 1.165) is 24.9 Å². The number of aromatic nitrogens is 2. The van der Waals surface area contributed by atoms with Crippen LogP contribution in [-0.2, 0) is 19.6 Å². The first-order valence-corrected chi connectivity index (χ1v) is 7.08. The monoisotopic (exact) mass is 256 g/mol. The fourth-order valence-corrected chi connectivity index (χ4v) is 2.64. The van der Waals surface area contributed by atoms with E-state index in [0.29, 0.717) is 5.92 Å². The largest absolute Gasteiger partial charge is 0.392 e. The molecule has 0 unspecified atom stereocenters. The molecular weight excluding hydrogens is 236 g/mol. The summed E-state index contributed by atoms with van der Waals surface area (Å²) in [6.45, 7) is 1.06. The fourth-order valence-electron chi connectivity index (χ4n) is 2.64. The molecule has 1 heterocycles. The minimum atomic E-state index is 0.116. The maximum absolute atomic E-state index is 9.36. The molecule has 1 fully saturated rings. The number of nitrogens with zero attached hydrogens (tertiary/aromatic N) is 2. The van der Waals surface area contributed by atoms with Crippen LogP contribution in [0.1, 0.15) is 42.0 Å². The van der Waals surface area contributed by atoms with Crippen molar-refractivity contribution in [1.29, 1.82) is 0 Å². The van der Waals surface area contributed by atoms with Crippen LogP contribution in [0.15, 0.2) is 36.5 Å². The lowest BCUT2D eigenvalue weighted by atomic mass is 10.1. The first-order chi connectivity index (χ1) is 9.38. The molecular formula is C16H20N2O. The number of rotatable bonds is 6. The minimum absolute atomic E-state index is 0.116. The zero-order valence-electron chi connectivity index (χ0n) is 11.1. The molecule has 0 aliphatic heterocycles. The standard InChI is InChI=1S/C16H20N2O/c19-12-15-11-17-18(16(15)14-8-9-14)10-4-7-13-5-2-1-3-6-13/h1-3,5-6,11,14,19H,4,7-10,12H2. The van der Waals surface area contributed by atoms with Crippen LogP contribution in [0, 0.1) is 0 Å². The lowest BCUT2D eigenvalue weighted by molar-refractivity contribution is 0.280. The van der Waals surface area contributed by atoms with Crippen LogP contribution in [0.3, 0.4) is 0 Å². The molecule has 1 aromatic heterocycles. The Morgan fingerprint density at radius 2 is 2.00 bits per heavy atom. The van der Waals surface area contributed by atoms with Crippen LogP contribution >= 0.6 is 0 Å². The Hall–Kier alpha value is -1.61. The molecule has 3 heteroatoms. The second-order valence-electron chi connectivity index (χ2n) is 5.30. The summed E-state index contributed by atoms with van der Waals surface area (Å²) in [5.41, 5.74) is 3.67. The molecule has 0 amide bonds. The third-order valence-electron chi connectivity index (χ3n) is 3.77. The van der Waals surface area contributed by atoms with Gasteiger partial charge < -0.3 is 5.11 Å². The van der Waals surface area contributed by atoms with E-state index in [-0.39, 0.29) is 6.61 Å². The van der Waals surface area contributed by atoms with Gasteiger partial charge in [0.15, 0.2) is 0 Å². The van der Waals surface area contributed by atoms with Crippen LogP contribution in [-0.4, -0.2) is 14.9 Å². The molecule has 2 aromatic rings. The van der Waals surface area contributed by atoms with Crippen molar-refractivity contribution in [2.24, 2.45) is 0 Å². The molecule has 100 valence electrons. The quantitative estimate of drug-likeness (QED) is 0.863. The summed E-state index contributed by atoms with van der Waals surface area (Å²) < 4.78 is 2.10. The Bertz CT molecular complexity index is 529. The molecule has 0 atom stereocenters. The van der Waals surface area contributed by atoms with Crippen molar-refractivity contribution in [2.75, 3.05) is 0 Å². The summed E-state index contributed by atoms with van der Waals surface area (Å²) in [7, 11) is 0. The van der Waals surface area contributed by atoms with Gasteiger partial charge in [0.25, 0.3) is 0 Å². The number of aryl methyl sites for hydroxylation is 2. The molecule has 1 saturated carbocycles. The van der Waals surface area contributed by atoms with Crippen molar-refractivity contribution in [3.05, 3.63) is 53.3 Å². The van der Waals surface area contributed by atoms with E-state index in [1.165, 1.54) is 24.1 Å². The highest BCUT2D eigenvalue weighted by molar-refractivity contribution is 5.25. The number of aliphatic hydroxyl groups is 1. The van der Waals surface area contributed by atoms with Gasteiger partial charge in [-0.2, -0.15) is 5.10 Å². The number of benzene rings is 1. The van der Waals surface area contributed by atoms with E-state index in [2.05, 4.69) is 40.1 Å². The summed E-state index contributed by atoms with van der Waals surface area (Å²) in [5, 5.41) is 13.8. The SMILES string of the molecule is OCc1cnn(CCCc2ccccc2)c1C1CC1. The van der Waals surface area contributed by atoms with Gasteiger partial charge in [0.1, 0.15) is 0 Å². The fraction of sp³-hybridized carbons (Fsp3) is 0.438. The lowest BCUT2D eigenvalue weighted by Crippen LogP contribution is -2.06. The molecule has 0 spiro atoms. The van der Waals surface area contributed by atoms with E-state index in [1.807, 2.05) is 6.20 Å². The smallest absolute Gasteiger partial charge is 0.0715 e. The summed E-state index contributed by atoms with van der Waals surface area (Å²) in [5.74, 6) is 0.640. The molecule has 1 N–H and O–H groups in total. The van der Waals surface area contributed by atoms with Crippen molar-refractivity contribution < 1.29 is 5.11 Å². The average molecular weight is 256 g/mol. The number of aliphatic hydroxyl groups excluding tert-OH is 1. The molecule has 1 aliphatic carbocycles. The molecule has 0 saturated heterocycles. The van der Waals surface area contributed by atoms with Gasteiger partial charge in [0, 0.05) is 23.7 Å². The third-order valence-corrected chi connectivity index (χ3v) is 3.77. The summed E-state index contributed by atoms with van der Waals surface area (Å²) >= 11 is 0. The molecule has 1 aromatic carbocycles. The van der Waals surface area contributed by atoms with Crippen molar-refractivity contribution in [1.82, 2.24) is 9.78 Å². The van der Waals surface area contributed by atoms with Crippen LogP contribution < -0.4 is 0 Å². The second-order valence-corrected chi connectivity index (χ2v) is 5.30. The van der Waals surface area contributed by atoms with Crippen molar-refractivity contribution in [3.63, 3.8) is 0 Å². The second kappa shape index (κ2) is 5.57. The molecule has 0 radical (unpaired) electrons. The normalized spacial score (nSPS) is 14.8. The predicted octanol–water partition coefficient (Wildman–Crippen LogP) is 2.89. The van der Waals surface area contributed by atoms with E-state index in [9.17, 15) is 5.11 Å². The summed E-state index contributed by atoms with van der Waals surface area (Å²) in [6, 6.07) is 10.6.